The van der Waals surface area contributed by atoms with Gasteiger partial charge in [0.05, 0.1) is 17.0 Å². The summed E-state index contributed by atoms with van der Waals surface area (Å²) in [6.45, 7) is 2.68. The second-order valence-electron chi connectivity index (χ2n) is 6.48. The third-order valence-electron chi connectivity index (χ3n) is 4.81. The monoisotopic (exact) mass is 411 g/mol. The van der Waals surface area contributed by atoms with Crippen molar-refractivity contribution in [1.82, 2.24) is 4.90 Å². The van der Waals surface area contributed by atoms with Gasteiger partial charge < -0.3 is 9.32 Å². The van der Waals surface area contributed by atoms with Crippen molar-refractivity contribution in [2.24, 2.45) is 0 Å². The zero-order chi connectivity index (χ0) is 18.3. The predicted octanol–water partition coefficient (Wildman–Crippen LogP) is 4.90. The van der Waals surface area contributed by atoms with E-state index in [0.717, 1.165) is 22.9 Å². The quantitative estimate of drug-likeness (QED) is 0.613. The summed E-state index contributed by atoms with van der Waals surface area (Å²) in [6, 6.07) is 14.4. The number of para-hydroxylation sites is 1. The molecule has 0 aliphatic carbocycles. The zero-order valence-electron chi connectivity index (χ0n) is 14.4. The van der Waals surface area contributed by atoms with Crippen LogP contribution in [0.4, 0.5) is 0 Å². The van der Waals surface area contributed by atoms with Crippen molar-refractivity contribution in [3.8, 4) is 0 Å². The Morgan fingerprint density at radius 1 is 1.08 bits per heavy atom. The molecule has 5 heteroatoms. The number of carbonyl (C=O) groups excluding carboxylic acids is 1. The molecule has 0 spiro atoms. The number of rotatable bonds is 4. The van der Waals surface area contributed by atoms with Gasteiger partial charge in [-0.05, 0) is 36.2 Å². The molecule has 1 aliphatic rings. The maximum absolute atomic E-state index is 13.2. The molecule has 26 heavy (non-hydrogen) atoms. The molecule has 3 aromatic rings. The van der Waals surface area contributed by atoms with Crippen LogP contribution in [0.2, 0.25) is 0 Å². The minimum atomic E-state index is -0.405. The maximum atomic E-state index is 13.2. The maximum Gasteiger partial charge on any atom is 0.290 e. The minimum Gasteiger partial charge on any atom is -0.450 e. The summed E-state index contributed by atoms with van der Waals surface area (Å²) in [5, 5.41) is 0.513. The summed E-state index contributed by atoms with van der Waals surface area (Å²) in [5.74, 6) is -0.0260. The highest BCUT2D eigenvalue weighted by molar-refractivity contribution is 9.10. The second kappa shape index (κ2) is 6.72. The lowest BCUT2D eigenvalue weighted by Gasteiger charge is -2.25. The molecular weight excluding hydrogens is 394 g/mol. The van der Waals surface area contributed by atoms with Crippen LogP contribution in [0.3, 0.4) is 0 Å². The highest BCUT2D eigenvalue weighted by Gasteiger charge is 2.42. The average molecular weight is 412 g/mol. The van der Waals surface area contributed by atoms with Crippen LogP contribution in [0.1, 0.15) is 47.5 Å². The SMILES string of the molecule is CCCCN1C(=O)c2oc3ccccc3c(=O)c2[C@H]1c1ccc(Br)cc1. The van der Waals surface area contributed by atoms with E-state index in [4.69, 9.17) is 4.42 Å². The van der Waals surface area contributed by atoms with E-state index in [9.17, 15) is 9.59 Å². The third kappa shape index (κ3) is 2.67. The number of nitrogens with zero attached hydrogens (tertiary/aromatic N) is 1. The fourth-order valence-electron chi connectivity index (χ4n) is 3.52. The van der Waals surface area contributed by atoms with E-state index in [-0.39, 0.29) is 17.1 Å². The molecule has 0 unspecified atom stereocenters. The van der Waals surface area contributed by atoms with Crippen molar-refractivity contribution < 1.29 is 9.21 Å². The van der Waals surface area contributed by atoms with Crippen molar-refractivity contribution >= 4 is 32.8 Å². The first-order valence-corrected chi connectivity index (χ1v) is 9.53. The highest BCUT2D eigenvalue weighted by Crippen LogP contribution is 2.38. The second-order valence-corrected chi connectivity index (χ2v) is 7.39. The van der Waals surface area contributed by atoms with Gasteiger partial charge in [0.25, 0.3) is 5.91 Å². The molecule has 4 nitrogen and oxygen atoms in total. The van der Waals surface area contributed by atoms with Gasteiger partial charge in [-0.3, -0.25) is 9.59 Å². The molecular formula is C21H18BrNO3. The lowest BCUT2D eigenvalue weighted by atomic mass is 9.98. The highest BCUT2D eigenvalue weighted by atomic mass is 79.9. The molecule has 1 atom stereocenters. The number of benzene rings is 2. The van der Waals surface area contributed by atoms with Crippen LogP contribution >= 0.6 is 15.9 Å². The van der Waals surface area contributed by atoms with E-state index in [0.29, 0.717) is 23.1 Å². The summed E-state index contributed by atoms with van der Waals surface area (Å²) < 4.78 is 6.84. The van der Waals surface area contributed by atoms with Gasteiger partial charge in [0.2, 0.25) is 5.76 Å². The smallest absolute Gasteiger partial charge is 0.290 e. The van der Waals surface area contributed by atoms with E-state index in [1.165, 1.54) is 0 Å². The fourth-order valence-corrected chi connectivity index (χ4v) is 3.78. The molecule has 2 aromatic carbocycles. The van der Waals surface area contributed by atoms with Crippen LogP contribution in [-0.4, -0.2) is 17.4 Å². The van der Waals surface area contributed by atoms with Gasteiger partial charge >= 0.3 is 0 Å². The molecule has 132 valence electrons. The van der Waals surface area contributed by atoms with Gasteiger partial charge in [-0.25, -0.2) is 0 Å². The van der Waals surface area contributed by atoms with Crippen LogP contribution in [0.25, 0.3) is 11.0 Å². The van der Waals surface area contributed by atoms with Gasteiger partial charge in [-0.15, -0.1) is 0 Å². The van der Waals surface area contributed by atoms with Crippen LogP contribution in [0, 0.1) is 0 Å². The number of amides is 1. The molecule has 0 N–H and O–H groups in total. The lowest BCUT2D eigenvalue weighted by Crippen LogP contribution is -2.30. The van der Waals surface area contributed by atoms with Crippen LogP contribution in [-0.2, 0) is 0 Å². The van der Waals surface area contributed by atoms with Crippen molar-refractivity contribution in [2.75, 3.05) is 6.54 Å². The van der Waals surface area contributed by atoms with Crippen LogP contribution in [0.5, 0.6) is 0 Å². The Balaban J connectivity index is 1.96. The van der Waals surface area contributed by atoms with E-state index in [1.54, 1.807) is 23.1 Å². The molecule has 1 aliphatic heterocycles. The first-order valence-electron chi connectivity index (χ1n) is 8.74. The molecule has 4 rings (SSSR count). The Morgan fingerprint density at radius 3 is 2.54 bits per heavy atom. The van der Waals surface area contributed by atoms with Gasteiger partial charge in [-0.1, -0.05) is 53.5 Å². The van der Waals surface area contributed by atoms with E-state index in [1.807, 2.05) is 30.3 Å². The summed E-state index contributed by atoms with van der Waals surface area (Å²) in [4.78, 5) is 28.0. The number of unbranched alkanes of at least 4 members (excludes halogenated alkanes) is 1. The largest absolute Gasteiger partial charge is 0.450 e. The minimum absolute atomic E-state index is 0.123. The Bertz CT molecular complexity index is 1040. The summed E-state index contributed by atoms with van der Waals surface area (Å²) >= 11 is 3.44. The number of hydrogen-bond donors (Lipinski definition) is 0. The Morgan fingerprint density at radius 2 is 1.81 bits per heavy atom. The molecule has 0 radical (unpaired) electrons. The number of hydrogen-bond acceptors (Lipinski definition) is 3. The first kappa shape index (κ1) is 17.0. The standard InChI is InChI=1S/C21H18BrNO3/c1-2-3-12-23-18(13-8-10-14(22)11-9-13)17-19(24)15-6-4-5-7-16(15)26-20(17)21(23)25/h4-11,18H,2-3,12H2,1H3/t18-/m1/s1. The van der Waals surface area contributed by atoms with E-state index >= 15 is 0 Å². The summed E-state index contributed by atoms with van der Waals surface area (Å²) in [6.07, 6.45) is 1.84. The number of carbonyl (C=O) groups is 1. The topological polar surface area (TPSA) is 50.5 Å². The van der Waals surface area contributed by atoms with E-state index < -0.39 is 6.04 Å². The van der Waals surface area contributed by atoms with Crippen molar-refractivity contribution in [3.05, 3.63) is 80.1 Å². The Kier molecular flexibility index (Phi) is 4.41. The van der Waals surface area contributed by atoms with Crippen molar-refractivity contribution in [1.29, 1.82) is 0 Å². The summed E-state index contributed by atoms with van der Waals surface area (Å²) in [7, 11) is 0. The molecule has 1 aromatic heterocycles. The zero-order valence-corrected chi connectivity index (χ0v) is 16.0. The average Bonchev–Trinajstić information content (AvgIpc) is 2.93. The first-order chi connectivity index (χ1) is 12.6. The fraction of sp³-hybridized carbons (Fsp3) is 0.238. The Hall–Kier alpha value is -2.40. The van der Waals surface area contributed by atoms with Gasteiger partial charge in [-0.2, -0.15) is 0 Å². The number of halogens is 1. The normalized spacial score (nSPS) is 16.3. The third-order valence-corrected chi connectivity index (χ3v) is 5.34. The van der Waals surface area contributed by atoms with Crippen LogP contribution < -0.4 is 5.43 Å². The van der Waals surface area contributed by atoms with Crippen molar-refractivity contribution in [3.63, 3.8) is 0 Å². The van der Waals surface area contributed by atoms with Gasteiger partial charge in [0, 0.05) is 11.0 Å². The Labute approximate surface area is 159 Å². The van der Waals surface area contributed by atoms with Gasteiger partial charge in [0.15, 0.2) is 5.43 Å². The molecule has 0 fully saturated rings. The number of fused-ring (bicyclic) bond motifs is 2. The molecule has 0 bridgehead atoms. The van der Waals surface area contributed by atoms with Gasteiger partial charge in [0.1, 0.15) is 5.58 Å². The molecule has 2 heterocycles. The molecule has 1 amide bonds. The molecule has 0 saturated carbocycles. The van der Waals surface area contributed by atoms with Crippen LogP contribution in [0.15, 0.2) is 62.2 Å². The summed E-state index contributed by atoms with van der Waals surface area (Å²) in [5.41, 5.74) is 1.70. The van der Waals surface area contributed by atoms with E-state index in [2.05, 4.69) is 22.9 Å². The molecule has 0 saturated heterocycles. The van der Waals surface area contributed by atoms with Crippen molar-refractivity contribution in [2.45, 2.75) is 25.8 Å². The lowest BCUT2D eigenvalue weighted by molar-refractivity contribution is 0.0725. The predicted molar refractivity (Wildman–Crippen MR) is 104 cm³/mol.